The molecule has 0 fully saturated rings. The first-order chi connectivity index (χ1) is 12.5. The van der Waals surface area contributed by atoms with E-state index in [1.54, 1.807) is 6.92 Å². The zero-order valence-corrected chi connectivity index (χ0v) is 14.5. The maximum Gasteiger partial charge on any atom is 0.308 e. The second-order valence-corrected chi connectivity index (χ2v) is 5.66. The summed E-state index contributed by atoms with van der Waals surface area (Å²) in [5, 5.41) is 29.5. The monoisotopic (exact) mass is 355 g/mol. The summed E-state index contributed by atoms with van der Waals surface area (Å²) in [6.45, 7) is 2.13. The lowest BCUT2D eigenvalue weighted by Crippen LogP contribution is -2.23. The van der Waals surface area contributed by atoms with E-state index in [-0.39, 0.29) is 19.6 Å². The molecule has 0 saturated heterocycles. The van der Waals surface area contributed by atoms with E-state index in [1.807, 2.05) is 36.4 Å². The highest BCUT2D eigenvalue weighted by Gasteiger charge is 2.23. The minimum Gasteiger partial charge on any atom is -0.488 e. The molecule has 2 N–H and O–H groups in total. The van der Waals surface area contributed by atoms with E-state index in [2.05, 4.69) is 0 Å². The Labute approximate surface area is 152 Å². The van der Waals surface area contributed by atoms with Crippen molar-refractivity contribution < 1.29 is 24.5 Å². The molecule has 0 aliphatic carbocycles. The van der Waals surface area contributed by atoms with Gasteiger partial charge in [0.2, 0.25) is 0 Å². The van der Waals surface area contributed by atoms with Crippen molar-refractivity contribution in [3.8, 4) is 11.8 Å². The summed E-state index contributed by atoms with van der Waals surface area (Å²) >= 11 is 0. The SMILES string of the molecule is CCOC(=O)CC(O)C(O)c1ccc(C#N)c(OCc2ccccc2)c1. The standard InChI is InChI=1S/C20H21NO5/c1-2-25-19(23)11-17(22)20(24)15-8-9-16(12-21)18(10-15)26-13-14-6-4-3-5-7-14/h3-10,17,20,22,24H,2,11,13H2,1H3. The minimum atomic E-state index is -1.32. The van der Waals surface area contributed by atoms with Gasteiger partial charge in [-0.2, -0.15) is 5.26 Å². The fraction of sp³-hybridized carbons (Fsp3) is 0.300. The topological polar surface area (TPSA) is 99.8 Å². The van der Waals surface area contributed by atoms with Crippen LogP contribution in [0.5, 0.6) is 5.75 Å². The number of nitrogens with zero attached hydrogens (tertiary/aromatic N) is 1. The molecule has 2 atom stereocenters. The van der Waals surface area contributed by atoms with Crippen molar-refractivity contribution >= 4 is 5.97 Å². The molecule has 0 amide bonds. The van der Waals surface area contributed by atoms with Crippen LogP contribution in [0.3, 0.4) is 0 Å². The number of aliphatic hydroxyl groups excluding tert-OH is 2. The molecule has 26 heavy (non-hydrogen) atoms. The molecule has 0 heterocycles. The molecule has 0 aliphatic heterocycles. The fourth-order valence-corrected chi connectivity index (χ4v) is 2.39. The third-order valence-corrected chi connectivity index (χ3v) is 3.75. The van der Waals surface area contributed by atoms with Crippen LogP contribution in [0.25, 0.3) is 0 Å². The zero-order chi connectivity index (χ0) is 18.9. The van der Waals surface area contributed by atoms with Crippen molar-refractivity contribution in [1.82, 2.24) is 0 Å². The molecule has 0 radical (unpaired) electrons. The second-order valence-electron chi connectivity index (χ2n) is 5.66. The number of carbonyl (C=O) groups excluding carboxylic acids is 1. The summed E-state index contributed by atoms with van der Waals surface area (Å²) in [7, 11) is 0. The van der Waals surface area contributed by atoms with Crippen molar-refractivity contribution in [2.75, 3.05) is 6.61 Å². The molecule has 0 bridgehead atoms. The molecule has 0 saturated carbocycles. The molecule has 6 heteroatoms. The predicted molar refractivity (Wildman–Crippen MR) is 94.1 cm³/mol. The molecule has 6 nitrogen and oxygen atoms in total. The number of esters is 1. The highest BCUT2D eigenvalue weighted by atomic mass is 16.5. The molecule has 2 aromatic rings. The Hall–Kier alpha value is -2.88. The Morgan fingerprint density at radius 2 is 1.92 bits per heavy atom. The molecule has 136 valence electrons. The average Bonchev–Trinajstić information content (AvgIpc) is 2.66. The van der Waals surface area contributed by atoms with E-state index < -0.39 is 18.2 Å². The molecule has 2 rings (SSSR count). The maximum atomic E-state index is 11.5. The van der Waals surface area contributed by atoms with Crippen molar-refractivity contribution in [2.45, 2.75) is 32.2 Å². The van der Waals surface area contributed by atoms with Crippen LogP contribution >= 0.6 is 0 Å². The third-order valence-electron chi connectivity index (χ3n) is 3.75. The highest BCUT2D eigenvalue weighted by molar-refractivity contribution is 5.70. The van der Waals surface area contributed by atoms with Gasteiger partial charge in [0.1, 0.15) is 24.5 Å². The first-order valence-corrected chi connectivity index (χ1v) is 8.27. The van der Waals surface area contributed by atoms with Gasteiger partial charge in [-0.3, -0.25) is 4.79 Å². The van der Waals surface area contributed by atoms with Gasteiger partial charge in [0.15, 0.2) is 0 Å². The molecular formula is C20H21NO5. The van der Waals surface area contributed by atoms with E-state index >= 15 is 0 Å². The smallest absolute Gasteiger partial charge is 0.308 e. The van der Waals surface area contributed by atoms with E-state index in [9.17, 15) is 20.3 Å². The molecule has 2 unspecified atom stereocenters. The van der Waals surface area contributed by atoms with Crippen molar-refractivity contribution in [3.63, 3.8) is 0 Å². The predicted octanol–water partition coefficient (Wildman–Crippen LogP) is 2.48. The van der Waals surface area contributed by atoms with Crippen molar-refractivity contribution in [1.29, 1.82) is 5.26 Å². The number of carbonyl (C=O) groups is 1. The Morgan fingerprint density at radius 1 is 1.19 bits per heavy atom. The fourth-order valence-electron chi connectivity index (χ4n) is 2.39. The zero-order valence-electron chi connectivity index (χ0n) is 14.5. The lowest BCUT2D eigenvalue weighted by atomic mass is 10.0. The summed E-state index contributed by atoms with van der Waals surface area (Å²) in [4.78, 5) is 11.5. The molecule has 0 aromatic heterocycles. The minimum absolute atomic E-state index is 0.204. The normalized spacial score (nSPS) is 12.7. The van der Waals surface area contributed by atoms with Gasteiger partial charge in [0, 0.05) is 0 Å². The van der Waals surface area contributed by atoms with Gasteiger partial charge in [-0.15, -0.1) is 0 Å². The Morgan fingerprint density at radius 3 is 2.58 bits per heavy atom. The quantitative estimate of drug-likeness (QED) is 0.706. The average molecular weight is 355 g/mol. The van der Waals surface area contributed by atoms with Gasteiger partial charge in [-0.05, 0) is 30.2 Å². The van der Waals surface area contributed by atoms with Gasteiger partial charge in [0.25, 0.3) is 0 Å². The summed E-state index contributed by atoms with van der Waals surface area (Å²) in [5.74, 6) is -0.288. The van der Waals surface area contributed by atoms with E-state index in [4.69, 9.17) is 9.47 Å². The Balaban J connectivity index is 2.12. The molecular weight excluding hydrogens is 334 g/mol. The van der Waals surface area contributed by atoms with Crippen LogP contribution in [-0.2, 0) is 16.1 Å². The maximum absolute atomic E-state index is 11.5. The lowest BCUT2D eigenvalue weighted by molar-refractivity contribution is -0.147. The van der Waals surface area contributed by atoms with E-state index in [1.165, 1.54) is 18.2 Å². The number of nitriles is 1. The van der Waals surface area contributed by atoms with E-state index in [0.29, 0.717) is 16.9 Å². The summed E-state index contributed by atoms with van der Waals surface area (Å²) < 4.78 is 10.5. The molecule has 0 aliphatic rings. The van der Waals surface area contributed by atoms with Gasteiger partial charge < -0.3 is 19.7 Å². The lowest BCUT2D eigenvalue weighted by Gasteiger charge is -2.18. The van der Waals surface area contributed by atoms with Gasteiger partial charge in [-0.1, -0.05) is 36.4 Å². The van der Waals surface area contributed by atoms with Crippen LogP contribution in [0.2, 0.25) is 0 Å². The number of hydrogen-bond acceptors (Lipinski definition) is 6. The van der Waals surface area contributed by atoms with Crippen molar-refractivity contribution in [2.24, 2.45) is 0 Å². The van der Waals surface area contributed by atoms with Crippen LogP contribution in [0.1, 0.15) is 36.1 Å². The summed E-state index contributed by atoms with van der Waals surface area (Å²) in [6, 6.07) is 16.0. The molecule has 0 spiro atoms. The van der Waals surface area contributed by atoms with Crippen LogP contribution in [0.4, 0.5) is 0 Å². The Bertz CT molecular complexity index is 770. The van der Waals surface area contributed by atoms with Crippen molar-refractivity contribution in [3.05, 3.63) is 65.2 Å². The van der Waals surface area contributed by atoms with Crippen LogP contribution in [0, 0.1) is 11.3 Å². The number of hydrogen-bond donors (Lipinski definition) is 2. The second kappa shape index (κ2) is 9.56. The number of ether oxygens (including phenoxy) is 2. The summed E-state index contributed by atoms with van der Waals surface area (Å²) in [6.07, 6.45) is -2.94. The van der Waals surface area contributed by atoms with Crippen LogP contribution < -0.4 is 4.74 Å². The van der Waals surface area contributed by atoms with Gasteiger partial charge >= 0.3 is 5.97 Å². The van der Waals surface area contributed by atoms with Gasteiger partial charge in [0.05, 0.1) is 24.7 Å². The number of aliphatic hydroxyl groups is 2. The van der Waals surface area contributed by atoms with Gasteiger partial charge in [-0.25, -0.2) is 0 Å². The van der Waals surface area contributed by atoms with E-state index in [0.717, 1.165) is 5.56 Å². The summed E-state index contributed by atoms with van der Waals surface area (Å²) in [5.41, 5.74) is 1.60. The van der Waals surface area contributed by atoms with Crippen LogP contribution in [-0.4, -0.2) is 28.9 Å². The largest absolute Gasteiger partial charge is 0.488 e. The first kappa shape index (κ1) is 19.4. The number of benzene rings is 2. The molecule has 2 aromatic carbocycles. The van der Waals surface area contributed by atoms with Crippen LogP contribution in [0.15, 0.2) is 48.5 Å². The number of rotatable bonds is 8. The Kier molecular flexibility index (Phi) is 7.15. The first-order valence-electron chi connectivity index (χ1n) is 8.27. The third kappa shape index (κ3) is 5.31. The highest BCUT2D eigenvalue weighted by Crippen LogP contribution is 2.27.